The molecule has 128 valence electrons. The minimum atomic E-state index is 0.0708. The number of nitrogens with zero attached hydrogens (tertiary/aromatic N) is 3. The molecule has 24 heavy (non-hydrogen) atoms. The number of carbonyl (C=O) groups is 1. The zero-order chi connectivity index (χ0) is 16.8. The summed E-state index contributed by atoms with van der Waals surface area (Å²) in [5.41, 5.74) is 0.810. The lowest BCUT2D eigenvalue weighted by Crippen LogP contribution is -2.42. The third-order valence-corrected chi connectivity index (χ3v) is 4.73. The van der Waals surface area contributed by atoms with Crippen LogP contribution in [0.1, 0.15) is 51.3 Å². The summed E-state index contributed by atoms with van der Waals surface area (Å²) < 4.78 is 5.23. The lowest BCUT2D eigenvalue weighted by atomic mass is 9.83. The molecule has 0 unspecified atom stereocenters. The van der Waals surface area contributed by atoms with Crippen molar-refractivity contribution in [3.63, 3.8) is 0 Å². The molecule has 2 aromatic heterocycles. The van der Waals surface area contributed by atoms with Gasteiger partial charge in [0.2, 0.25) is 17.6 Å². The first-order valence-electron chi connectivity index (χ1n) is 8.78. The molecule has 2 atom stereocenters. The van der Waals surface area contributed by atoms with Gasteiger partial charge in [0.05, 0.1) is 0 Å². The predicted octanol–water partition coefficient (Wildman–Crippen LogP) is 3.15. The molecule has 6 heteroatoms. The third-order valence-electron chi connectivity index (χ3n) is 4.73. The molecule has 0 saturated heterocycles. The van der Waals surface area contributed by atoms with E-state index in [1.165, 1.54) is 19.3 Å². The second kappa shape index (κ2) is 8.04. The van der Waals surface area contributed by atoms with Crippen molar-refractivity contribution in [3.8, 4) is 11.4 Å². The fraction of sp³-hybridized carbons (Fsp3) is 0.556. The van der Waals surface area contributed by atoms with E-state index in [0.29, 0.717) is 36.5 Å². The molecule has 1 N–H and O–H groups in total. The van der Waals surface area contributed by atoms with Crippen molar-refractivity contribution < 1.29 is 9.32 Å². The molecule has 0 spiro atoms. The molecular weight excluding hydrogens is 304 g/mol. The van der Waals surface area contributed by atoms with Crippen LogP contribution in [0.2, 0.25) is 0 Å². The van der Waals surface area contributed by atoms with Crippen LogP contribution in [-0.4, -0.2) is 27.1 Å². The average Bonchev–Trinajstić information content (AvgIpc) is 3.10. The standard InChI is InChI=1S/C18H24N4O2/c1-2-13-6-3-4-8-15(13)20-16(23)9-10-17-21-18(22-24-17)14-7-5-11-19-12-14/h5,7,11-13,15H,2-4,6,8-10H2,1H3,(H,20,23)/t13-,15-/m1/s1. The van der Waals surface area contributed by atoms with E-state index in [0.717, 1.165) is 18.4 Å². The minimum Gasteiger partial charge on any atom is -0.353 e. The number of rotatable bonds is 6. The number of hydrogen-bond donors (Lipinski definition) is 1. The Labute approximate surface area is 142 Å². The second-order valence-electron chi connectivity index (χ2n) is 6.38. The van der Waals surface area contributed by atoms with Gasteiger partial charge in [-0.15, -0.1) is 0 Å². The maximum absolute atomic E-state index is 12.2. The topological polar surface area (TPSA) is 80.9 Å². The van der Waals surface area contributed by atoms with Gasteiger partial charge in [0.25, 0.3) is 0 Å². The van der Waals surface area contributed by atoms with Gasteiger partial charge in [-0.05, 0) is 30.9 Å². The maximum atomic E-state index is 12.2. The highest BCUT2D eigenvalue weighted by atomic mass is 16.5. The van der Waals surface area contributed by atoms with Crippen molar-refractivity contribution in [1.82, 2.24) is 20.4 Å². The first-order chi connectivity index (χ1) is 11.8. The van der Waals surface area contributed by atoms with Crippen molar-refractivity contribution in [1.29, 1.82) is 0 Å². The van der Waals surface area contributed by atoms with E-state index in [1.54, 1.807) is 12.4 Å². The van der Waals surface area contributed by atoms with Crippen molar-refractivity contribution in [2.24, 2.45) is 5.92 Å². The fourth-order valence-electron chi connectivity index (χ4n) is 3.35. The van der Waals surface area contributed by atoms with Crippen LogP contribution < -0.4 is 5.32 Å². The van der Waals surface area contributed by atoms with Gasteiger partial charge < -0.3 is 9.84 Å². The molecule has 1 aliphatic rings. The Morgan fingerprint density at radius 3 is 3.04 bits per heavy atom. The number of nitrogens with one attached hydrogen (secondary N) is 1. The van der Waals surface area contributed by atoms with E-state index in [4.69, 9.17) is 4.52 Å². The normalized spacial score (nSPS) is 20.7. The first kappa shape index (κ1) is 16.6. The highest BCUT2D eigenvalue weighted by molar-refractivity contribution is 5.76. The van der Waals surface area contributed by atoms with E-state index >= 15 is 0 Å². The molecule has 2 aromatic rings. The Morgan fingerprint density at radius 1 is 1.38 bits per heavy atom. The van der Waals surface area contributed by atoms with E-state index in [1.807, 2.05) is 12.1 Å². The van der Waals surface area contributed by atoms with Crippen LogP contribution in [0.25, 0.3) is 11.4 Å². The third kappa shape index (κ3) is 4.19. The summed E-state index contributed by atoms with van der Waals surface area (Å²) in [6.45, 7) is 2.20. The van der Waals surface area contributed by atoms with Gasteiger partial charge >= 0.3 is 0 Å². The highest BCUT2D eigenvalue weighted by Crippen LogP contribution is 2.26. The van der Waals surface area contributed by atoms with Gasteiger partial charge in [-0.1, -0.05) is 31.3 Å². The van der Waals surface area contributed by atoms with Crippen LogP contribution >= 0.6 is 0 Å². The molecule has 1 fully saturated rings. The SMILES string of the molecule is CC[C@@H]1CCCC[C@H]1NC(=O)CCc1nc(-c2cccnc2)no1. The van der Waals surface area contributed by atoms with Gasteiger partial charge in [-0.2, -0.15) is 4.98 Å². The number of carbonyl (C=O) groups excluding carboxylic acids is 1. The zero-order valence-corrected chi connectivity index (χ0v) is 14.1. The molecule has 1 amide bonds. The Balaban J connectivity index is 1.50. The molecule has 1 saturated carbocycles. The summed E-state index contributed by atoms with van der Waals surface area (Å²) in [6.07, 6.45) is 10.2. The molecule has 1 aliphatic carbocycles. The number of aromatic nitrogens is 3. The second-order valence-corrected chi connectivity index (χ2v) is 6.38. The van der Waals surface area contributed by atoms with Gasteiger partial charge in [-0.25, -0.2) is 0 Å². The Kier molecular flexibility index (Phi) is 5.56. The lowest BCUT2D eigenvalue weighted by molar-refractivity contribution is -0.122. The van der Waals surface area contributed by atoms with E-state index in [9.17, 15) is 4.79 Å². The summed E-state index contributed by atoms with van der Waals surface area (Å²) >= 11 is 0. The van der Waals surface area contributed by atoms with E-state index < -0.39 is 0 Å². The molecule has 0 radical (unpaired) electrons. The molecule has 3 rings (SSSR count). The average molecular weight is 328 g/mol. The van der Waals surface area contributed by atoms with E-state index in [-0.39, 0.29) is 5.91 Å². The van der Waals surface area contributed by atoms with Crippen LogP contribution in [0.3, 0.4) is 0 Å². The number of amides is 1. The van der Waals surface area contributed by atoms with Crippen LogP contribution in [-0.2, 0) is 11.2 Å². The number of aryl methyl sites for hydroxylation is 1. The zero-order valence-electron chi connectivity index (χ0n) is 14.1. The molecule has 0 aromatic carbocycles. The van der Waals surface area contributed by atoms with Crippen molar-refractivity contribution in [2.75, 3.05) is 0 Å². The van der Waals surface area contributed by atoms with Crippen LogP contribution in [0, 0.1) is 5.92 Å². The monoisotopic (exact) mass is 328 g/mol. The van der Waals surface area contributed by atoms with E-state index in [2.05, 4.69) is 27.4 Å². The lowest BCUT2D eigenvalue weighted by Gasteiger charge is -2.31. The van der Waals surface area contributed by atoms with Crippen LogP contribution in [0.4, 0.5) is 0 Å². The van der Waals surface area contributed by atoms with Crippen molar-refractivity contribution in [2.45, 2.75) is 57.9 Å². The Bertz CT molecular complexity index is 656. The first-order valence-corrected chi connectivity index (χ1v) is 8.78. The van der Waals surface area contributed by atoms with Crippen molar-refractivity contribution in [3.05, 3.63) is 30.4 Å². The smallest absolute Gasteiger partial charge is 0.227 e. The Hall–Kier alpha value is -2.24. The van der Waals surface area contributed by atoms with Gasteiger partial charge in [0, 0.05) is 36.8 Å². The molecule has 2 heterocycles. The number of hydrogen-bond acceptors (Lipinski definition) is 5. The van der Waals surface area contributed by atoms with Crippen LogP contribution in [0.5, 0.6) is 0 Å². The molecule has 6 nitrogen and oxygen atoms in total. The predicted molar refractivity (Wildman–Crippen MR) is 90.0 cm³/mol. The summed E-state index contributed by atoms with van der Waals surface area (Å²) in [6, 6.07) is 4.03. The Morgan fingerprint density at radius 2 is 2.25 bits per heavy atom. The summed E-state index contributed by atoms with van der Waals surface area (Å²) in [5.74, 6) is 1.68. The van der Waals surface area contributed by atoms with Crippen LogP contribution in [0.15, 0.2) is 29.0 Å². The van der Waals surface area contributed by atoms with Gasteiger partial charge in [-0.3, -0.25) is 9.78 Å². The van der Waals surface area contributed by atoms with Gasteiger partial charge in [0.1, 0.15) is 0 Å². The summed E-state index contributed by atoms with van der Waals surface area (Å²) in [7, 11) is 0. The summed E-state index contributed by atoms with van der Waals surface area (Å²) in [4.78, 5) is 20.6. The molecular formula is C18H24N4O2. The van der Waals surface area contributed by atoms with Crippen molar-refractivity contribution >= 4 is 5.91 Å². The minimum absolute atomic E-state index is 0.0708. The fourth-order valence-corrected chi connectivity index (χ4v) is 3.35. The largest absolute Gasteiger partial charge is 0.353 e. The molecule has 0 bridgehead atoms. The molecule has 0 aliphatic heterocycles. The maximum Gasteiger partial charge on any atom is 0.227 e. The number of pyridine rings is 1. The van der Waals surface area contributed by atoms with Gasteiger partial charge in [0.15, 0.2) is 0 Å². The highest BCUT2D eigenvalue weighted by Gasteiger charge is 2.25. The quantitative estimate of drug-likeness (QED) is 0.881. The summed E-state index contributed by atoms with van der Waals surface area (Å²) in [5, 5.41) is 7.14.